The lowest BCUT2D eigenvalue weighted by Gasteiger charge is -2.01. The number of benzene rings is 1. The van der Waals surface area contributed by atoms with Crippen molar-refractivity contribution in [1.82, 2.24) is 0 Å². The summed E-state index contributed by atoms with van der Waals surface area (Å²) in [6.07, 6.45) is 3.83. The number of carboxylic acid groups (broad SMARTS) is 1. The summed E-state index contributed by atoms with van der Waals surface area (Å²) in [6, 6.07) is 12.8. The first-order valence-electron chi connectivity index (χ1n) is 5.02. The van der Waals surface area contributed by atoms with Crippen molar-refractivity contribution in [2.45, 2.75) is 6.54 Å². The van der Waals surface area contributed by atoms with E-state index in [1.807, 2.05) is 47.3 Å². The van der Waals surface area contributed by atoms with Crippen LogP contribution in [0.4, 0.5) is 0 Å². The number of aromatic carboxylic acids is 1. The van der Waals surface area contributed by atoms with E-state index in [2.05, 4.69) is 0 Å². The summed E-state index contributed by atoms with van der Waals surface area (Å²) >= 11 is 0. The van der Waals surface area contributed by atoms with Crippen LogP contribution in [0.15, 0.2) is 54.9 Å². The average Bonchev–Trinajstić information content (AvgIpc) is 2.31. The minimum Gasteiger partial charge on any atom is -1.00 e. The molecule has 0 bridgehead atoms. The number of nitrogens with zero attached hydrogens (tertiary/aromatic N) is 1. The average molecular weight is 294 g/mol. The summed E-state index contributed by atoms with van der Waals surface area (Å²) in [4.78, 5) is 11.0. The number of carboxylic acids is 1. The molecule has 0 amide bonds. The molecule has 1 N–H and O–H groups in total. The Hall–Kier alpha value is -1.68. The van der Waals surface area contributed by atoms with Gasteiger partial charge in [0.2, 0.25) is 0 Å². The fourth-order valence-electron chi connectivity index (χ4n) is 1.60. The Morgan fingerprint density at radius 3 is 2.35 bits per heavy atom. The highest BCUT2D eigenvalue weighted by atomic mass is 79.9. The number of rotatable bonds is 3. The lowest BCUT2D eigenvalue weighted by Crippen LogP contribution is -3.00. The van der Waals surface area contributed by atoms with Crippen molar-refractivity contribution in [2.75, 3.05) is 0 Å². The number of hydrogen-bond donors (Lipinski definition) is 1. The highest BCUT2D eigenvalue weighted by Crippen LogP contribution is 2.07. The fourth-order valence-corrected chi connectivity index (χ4v) is 1.60. The minimum atomic E-state index is -0.882. The Morgan fingerprint density at radius 2 is 1.71 bits per heavy atom. The van der Waals surface area contributed by atoms with E-state index in [4.69, 9.17) is 5.11 Å². The second-order valence-corrected chi connectivity index (χ2v) is 3.51. The second-order valence-electron chi connectivity index (χ2n) is 3.51. The molecule has 0 aliphatic heterocycles. The van der Waals surface area contributed by atoms with Crippen molar-refractivity contribution in [3.8, 4) is 0 Å². The van der Waals surface area contributed by atoms with Crippen molar-refractivity contribution in [1.29, 1.82) is 0 Å². The molecule has 0 saturated heterocycles. The first kappa shape index (κ1) is 13.4. The molecule has 0 spiro atoms. The molecule has 2 aromatic rings. The number of pyridine rings is 1. The van der Waals surface area contributed by atoms with Crippen LogP contribution in [-0.2, 0) is 6.54 Å². The zero-order valence-corrected chi connectivity index (χ0v) is 10.7. The Balaban J connectivity index is 0.00000144. The van der Waals surface area contributed by atoms with Gasteiger partial charge in [0.15, 0.2) is 18.9 Å². The number of hydrogen-bond acceptors (Lipinski definition) is 1. The topological polar surface area (TPSA) is 41.2 Å². The van der Waals surface area contributed by atoms with Gasteiger partial charge in [-0.05, 0) is 6.07 Å². The van der Waals surface area contributed by atoms with Crippen LogP contribution in [-0.4, -0.2) is 11.1 Å². The summed E-state index contributed by atoms with van der Waals surface area (Å²) < 4.78 is 1.95. The van der Waals surface area contributed by atoms with Crippen LogP contribution in [0, 0.1) is 0 Å². The maximum atomic E-state index is 11.0. The van der Waals surface area contributed by atoms with E-state index >= 15 is 0 Å². The largest absolute Gasteiger partial charge is 1.00 e. The van der Waals surface area contributed by atoms with Crippen molar-refractivity contribution >= 4 is 5.97 Å². The molecular formula is C13H12BrNO2. The molecule has 4 heteroatoms. The van der Waals surface area contributed by atoms with E-state index in [-0.39, 0.29) is 17.0 Å². The molecule has 1 aromatic carbocycles. The van der Waals surface area contributed by atoms with Crippen LogP contribution in [0.2, 0.25) is 0 Å². The highest BCUT2D eigenvalue weighted by molar-refractivity contribution is 5.89. The van der Waals surface area contributed by atoms with Gasteiger partial charge < -0.3 is 22.1 Å². The zero-order valence-electron chi connectivity index (χ0n) is 9.08. The third-order valence-electron chi connectivity index (χ3n) is 2.38. The quantitative estimate of drug-likeness (QED) is 0.717. The molecule has 0 aliphatic carbocycles. The molecule has 3 nitrogen and oxygen atoms in total. The van der Waals surface area contributed by atoms with Crippen LogP contribution in [0.25, 0.3) is 0 Å². The van der Waals surface area contributed by atoms with Crippen LogP contribution in [0.1, 0.15) is 15.9 Å². The normalized spacial score (nSPS) is 9.41. The molecule has 0 aliphatic rings. The first-order chi connectivity index (χ1) is 7.77. The molecule has 0 atom stereocenters. The molecule has 0 radical (unpaired) electrons. The molecule has 0 unspecified atom stereocenters. The van der Waals surface area contributed by atoms with Gasteiger partial charge >= 0.3 is 5.97 Å². The monoisotopic (exact) mass is 293 g/mol. The number of halogens is 1. The van der Waals surface area contributed by atoms with E-state index in [1.165, 1.54) is 0 Å². The molecule has 17 heavy (non-hydrogen) atoms. The molecule has 0 saturated carbocycles. The van der Waals surface area contributed by atoms with Crippen molar-refractivity contribution in [3.05, 3.63) is 66.0 Å². The van der Waals surface area contributed by atoms with Gasteiger partial charge in [-0.25, -0.2) is 9.36 Å². The summed E-state index contributed by atoms with van der Waals surface area (Å²) in [5, 5.41) is 9.03. The molecule has 1 heterocycles. The SMILES string of the molecule is O=C(O)c1ccccc1C[n+]1ccccc1.[Br-]. The van der Waals surface area contributed by atoms with E-state index in [0.717, 1.165) is 5.56 Å². The molecule has 2 rings (SSSR count). The molecule has 88 valence electrons. The Bertz CT molecular complexity index is 500. The summed E-state index contributed by atoms with van der Waals surface area (Å²) in [6.45, 7) is 0.573. The van der Waals surface area contributed by atoms with Crippen LogP contribution in [0.5, 0.6) is 0 Å². The van der Waals surface area contributed by atoms with E-state index in [9.17, 15) is 4.79 Å². The maximum absolute atomic E-state index is 11.0. The zero-order chi connectivity index (χ0) is 11.4. The summed E-state index contributed by atoms with van der Waals surface area (Å²) in [5.41, 5.74) is 1.17. The lowest BCUT2D eigenvalue weighted by molar-refractivity contribution is -0.688. The van der Waals surface area contributed by atoms with Gasteiger partial charge in [0.25, 0.3) is 0 Å². The van der Waals surface area contributed by atoms with Gasteiger partial charge in [-0.3, -0.25) is 0 Å². The number of aromatic nitrogens is 1. The van der Waals surface area contributed by atoms with Gasteiger partial charge in [-0.2, -0.15) is 0 Å². The smallest absolute Gasteiger partial charge is 0.336 e. The Labute approximate surface area is 110 Å². The van der Waals surface area contributed by atoms with Crippen LogP contribution in [0.3, 0.4) is 0 Å². The van der Waals surface area contributed by atoms with E-state index in [1.54, 1.807) is 12.1 Å². The van der Waals surface area contributed by atoms with Gasteiger partial charge in [0.05, 0.1) is 5.56 Å². The fraction of sp³-hybridized carbons (Fsp3) is 0.0769. The summed E-state index contributed by atoms with van der Waals surface area (Å²) in [5.74, 6) is -0.882. The van der Waals surface area contributed by atoms with Crippen LogP contribution >= 0.6 is 0 Å². The van der Waals surface area contributed by atoms with Gasteiger partial charge in [0, 0.05) is 17.7 Å². The third kappa shape index (κ3) is 3.39. The number of carbonyl (C=O) groups is 1. The predicted octanol–water partition coefficient (Wildman–Crippen LogP) is -1.28. The van der Waals surface area contributed by atoms with Crippen molar-refractivity contribution in [3.63, 3.8) is 0 Å². The minimum absolute atomic E-state index is 0. The summed E-state index contributed by atoms with van der Waals surface area (Å²) in [7, 11) is 0. The van der Waals surface area contributed by atoms with E-state index in [0.29, 0.717) is 12.1 Å². The van der Waals surface area contributed by atoms with Crippen molar-refractivity contribution in [2.24, 2.45) is 0 Å². The molecular weight excluding hydrogens is 282 g/mol. The third-order valence-corrected chi connectivity index (χ3v) is 2.38. The van der Waals surface area contributed by atoms with Gasteiger partial charge in [-0.1, -0.05) is 24.3 Å². The highest BCUT2D eigenvalue weighted by Gasteiger charge is 2.11. The standard InChI is InChI=1S/C13H11NO2.BrH/c15-13(16)12-7-3-2-6-11(12)10-14-8-4-1-5-9-14;/h1-9H,10H2;1H. The maximum Gasteiger partial charge on any atom is 0.336 e. The second kappa shape index (κ2) is 6.15. The van der Waals surface area contributed by atoms with Gasteiger partial charge in [0.1, 0.15) is 0 Å². The van der Waals surface area contributed by atoms with Crippen LogP contribution < -0.4 is 21.5 Å². The lowest BCUT2D eigenvalue weighted by atomic mass is 10.1. The van der Waals surface area contributed by atoms with E-state index < -0.39 is 5.97 Å². The Kier molecular flexibility index (Phi) is 4.84. The Morgan fingerprint density at radius 1 is 1.06 bits per heavy atom. The van der Waals surface area contributed by atoms with Crippen molar-refractivity contribution < 1.29 is 31.4 Å². The first-order valence-corrected chi connectivity index (χ1v) is 5.02. The molecule has 0 fully saturated rings. The predicted molar refractivity (Wildman–Crippen MR) is 59.1 cm³/mol. The van der Waals surface area contributed by atoms with Gasteiger partial charge in [-0.15, -0.1) is 0 Å². The molecule has 1 aromatic heterocycles.